The highest BCUT2D eigenvalue weighted by molar-refractivity contribution is 6.42. The van der Waals surface area contributed by atoms with E-state index in [1.165, 1.54) is 12.5 Å². The van der Waals surface area contributed by atoms with E-state index < -0.39 is 11.8 Å². The minimum atomic E-state index is -0.793. The molecule has 0 saturated carbocycles. The number of hydrogen-bond donors (Lipinski definition) is 1. The van der Waals surface area contributed by atoms with Crippen LogP contribution in [0.1, 0.15) is 43.9 Å². The van der Waals surface area contributed by atoms with E-state index in [1.54, 1.807) is 0 Å². The number of carbonyl (C=O) groups is 3. The maximum atomic E-state index is 12.6. The Kier molecular flexibility index (Phi) is 5.40. The molecule has 0 saturated heterocycles. The summed E-state index contributed by atoms with van der Waals surface area (Å²) in [5.41, 5.74) is 3.28. The summed E-state index contributed by atoms with van der Waals surface area (Å²) in [5, 5.41) is 2.76. The molecule has 0 spiro atoms. The fourth-order valence-corrected chi connectivity index (χ4v) is 4.29. The summed E-state index contributed by atoms with van der Waals surface area (Å²) in [6.45, 7) is 3.49. The molecule has 154 valence electrons. The third kappa shape index (κ3) is 3.85. The number of allylic oxidation sites excluding steroid dienone is 1. The largest absolute Gasteiger partial charge is 0.423 e. The van der Waals surface area contributed by atoms with Crippen LogP contribution in [-0.4, -0.2) is 28.6 Å². The van der Waals surface area contributed by atoms with Crippen molar-refractivity contribution < 1.29 is 19.1 Å². The highest BCUT2D eigenvalue weighted by Gasteiger charge is 2.44. The summed E-state index contributed by atoms with van der Waals surface area (Å²) in [5.74, 6) is -1.00. The number of carbonyl (C=O) groups excluding carboxylic acids is 3. The summed E-state index contributed by atoms with van der Waals surface area (Å²) in [7, 11) is 0. The van der Waals surface area contributed by atoms with Gasteiger partial charge in [0.1, 0.15) is 11.5 Å². The molecule has 1 amide bonds. The van der Waals surface area contributed by atoms with Crippen LogP contribution in [0.3, 0.4) is 0 Å². The van der Waals surface area contributed by atoms with E-state index in [2.05, 4.69) is 17.4 Å². The fourth-order valence-electron chi connectivity index (χ4n) is 4.29. The van der Waals surface area contributed by atoms with Crippen LogP contribution < -0.4 is 5.32 Å². The van der Waals surface area contributed by atoms with Crippen LogP contribution in [0.4, 0.5) is 5.69 Å². The van der Waals surface area contributed by atoms with Crippen molar-refractivity contribution in [3.63, 3.8) is 0 Å². The summed E-state index contributed by atoms with van der Waals surface area (Å²) in [4.78, 5) is 37.9. The molecule has 1 N–H and O–H groups in total. The van der Waals surface area contributed by atoms with Gasteiger partial charge in [-0.25, -0.2) is 4.79 Å². The van der Waals surface area contributed by atoms with E-state index >= 15 is 0 Å². The number of esters is 1. The van der Waals surface area contributed by atoms with Crippen LogP contribution >= 0.6 is 0 Å². The third-order valence-electron chi connectivity index (χ3n) is 5.68. The number of anilines is 1. The quantitative estimate of drug-likeness (QED) is 0.607. The molecule has 4 rings (SSSR count). The van der Waals surface area contributed by atoms with Crippen molar-refractivity contribution in [1.82, 2.24) is 4.90 Å². The summed E-state index contributed by atoms with van der Waals surface area (Å²) < 4.78 is 5.26. The maximum absolute atomic E-state index is 12.6. The second-order valence-corrected chi connectivity index (χ2v) is 7.76. The number of amides is 1. The van der Waals surface area contributed by atoms with E-state index in [0.717, 1.165) is 18.4 Å². The predicted octanol–water partition coefficient (Wildman–Crippen LogP) is 3.75. The lowest BCUT2D eigenvalue weighted by Gasteiger charge is -2.41. The van der Waals surface area contributed by atoms with Crippen LogP contribution in [0.5, 0.6) is 0 Å². The highest BCUT2D eigenvalue weighted by atomic mass is 16.5. The van der Waals surface area contributed by atoms with Gasteiger partial charge >= 0.3 is 5.97 Å². The van der Waals surface area contributed by atoms with Crippen LogP contribution in [0.25, 0.3) is 0 Å². The van der Waals surface area contributed by atoms with Gasteiger partial charge in [-0.2, -0.15) is 0 Å². The number of hydrogen-bond acceptors (Lipinski definition) is 5. The first-order valence-corrected chi connectivity index (χ1v) is 10.1. The fraction of sp³-hybridized carbons (Fsp3) is 0.292. The van der Waals surface area contributed by atoms with Gasteiger partial charge in [0.2, 0.25) is 5.91 Å². The van der Waals surface area contributed by atoms with Crippen molar-refractivity contribution in [3.8, 4) is 0 Å². The molecule has 0 fully saturated rings. The van der Waals surface area contributed by atoms with Crippen molar-refractivity contribution in [3.05, 3.63) is 77.2 Å². The Labute approximate surface area is 175 Å². The van der Waals surface area contributed by atoms with Crippen molar-refractivity contribution in [2.75, 3.05) is 5.32 Å². The average Bonchev–Trinajstić information content (AvgIpc) is 3.02. The van der Waals surface area contributed by atoms with Crippen LogP contribution in [0.2, 0.25) is 0 Å². The van der Waals surface area contributed by atoms with Crippen LogP contribution in [0, 0.1) is 0 Å². The van der Waals surface area contributed by atoms with E-state index in [4.69, 9.17) is 4.74 Å². The molecule has 2 atom stereocenters. The summed E-state index contributed by atoms with van der Waals surface area (Å²) in [6, 6.07) is 17.6. The first kappa shape index (κ1) is 19.9. The van der Waals surface area contributed by atoms with Crippen molar-refractivity contribution in [1.29, 1.82) is 0 Å². The minimum Gasteiger partial charge on any atom is -0.423 e. The molecule has 0 aliphatic carbocycles. The predicted molar refractivity (Wildman–Crippen MR) is 112 cm³/mol. The molecule has 6 heteroatoms. The summed E-state index contributed by atoms with van der Waals surface area (Å²) >= 11 is 0. The molecule has 2 heterocycles. The Morgan fingerprint density at radius 3 is 2.50 bits per heavy atom. The molecule has 0 aromatic heterocycles. The number of ketones is 1. The van der Waals surface area contributed by atoms with Gasteiger partial charge in [0.25, 0.3) is 5.78 Å². The number of Topliss-reactive ketones (excluding diaryl/α,β-unsaturated/α-hetero) is 1. The van der Waals surface area contributed by atoms with E-state index in [1.807, 2.05) is 54.3 Å². The van der Waals surface area contributed by atoms with Crippen molar-refractivity contribution in [2.24, 2.45) is 0 Å². The Morgan fingerprint density at radius 1 is 1.13 bits per heavy atom. The molecule has 6 nitrogen and oxygen atoms in total. The van der Waals surface area contributed by atoms with Gasteiger partial charge in [0.15, 0.2) is 0 Å². The highest BCUT2D eigenvalue weighted by Crippen LogP contribution is 2.40. The molecule has 0 radical (unpaired) electrons. The summed E-state index contributed by atoms with van der Waals surface area (Å²) in [6.07, 6.45) is 2.14. The maximum Gasteiger partial charge on any atom is 0.386 e. The standard InChI is InChI=1S/C24H24N2O4/c1-15(18-8-10-19(11-9-18)25-16(2)27)26-20(14-17-6-4-3-5-7-17)12-13-21-22(26)23(28)24(29)30-21/h3-11,15,20H,12-14H2,1-2H3,(H,25,27). The number of ether oxygens (including phenoxy) is 1. The SMILES string of the molecule is CC(=O)Nc1ccc(C(C)N2C3=C(CCC2Cc2ccccc2)OC(=O)C3=O)cc1. The van der Waals surface area contributed by atoms with Gasteiger partial charge < -0.3 is 15.0 Å². The molecule has 2 aromatic rings. The van der Waals surface area contributed by atoms with Gasteiger partial charge in [-0.1, -0.05) is 42.5 Å². The van der Waals surface area contributed by atoms with Gasteiger partial charge in [0.05, 0.1) is 6.04 Å². The van der Waals surface area contributed by atoms with E-state index in [0.29, 0.717) is 23.6 Å². The monoisotopic (exact) mass is 404 g/mol. The first-order chi connectivity index (χ1) is 14.4. The van der Waals surface area contributed by atoms with Gasteiger partial charge in [-0.3, -0.25) is 9.59 Å². The number of nitrogens with zero attached hydrogens (tertiary/aromatic N) is 1. The van der Waals surface area contributed by atoms with Crippen molar-refractivity contribution >= 4 is 23.3 Å². The van der Waals surface area contributed by atoms with Gasteiger partial charge in [0, 0.05) is 25.1 Å². The molecule has 2 aliphatic rings. The van der Waals surface area contributed by atoms with Crippen molar-refractivity contribution in [2.45, 2.75) is 45.2 Å². The average molecular weight is 404 g/mol. The molecule has 0 bridgehead atoms. The first-order valence-electron chi connectivity index (χ1n) is 10.1. The molecular weight excluding hydrogens is 380 g/mol. The number of benzene rings is 2. The zero-order valence-electron chi connectivity index (χ0n) is 17.1. The second kappa shape index (κ2) is 8.14. The van der Waals surface area contributed by atoms with Crippen LogP contribution in [-0.2, 0) is 25.5 Å². The molecule has 2 aromatic carbocycles. The molecule has 2 unspecified atom stereocenters. The normalized spacial score (nSPS) is 19.4. The van der Waals surface area contributed by atoms with Crippen LogP contribution in [0.15, 0.2) is 66.1 Å². The lowest BCUT2D eigenvalue weighted by molar-refractivity contribution is -0.146. The Balaban J connectivity index is 1.67. The molecule has 2 aliphatic heterocycles. The zero-order valence-corrected chi connectivity index (χ0v) is 17.1. The number of rotatable bonds is 5. The zero-order chi connectivity index (χ0) is 21.3. The van der Waals surface area contributed by atoms with E-state index in [-0.39, 0.29) is 18.0 Å². The topological polar surface area (TPSA) is 75.7 Å². The molecular formula is C24H24N2O4. The van der Waals surface area contributed by atoms with Gasteiger partial charge in [-0.15, -0.1) is 0 Å². The number of nitrogens with one attached hydrogen (secondary N) is 1. The van der Waals surface area contributed by atoms with E-state index in [9.17, 15) is 14.4 Å². The Hall–Kier alpha value is -3.41. The Bertz CT molecular complexity index is 1010. The third-order valence-corrected chi connectivity index (χ3v) is 5.68. The van der Waals surface area contributed by atoms with Gasteiger partial charge in [-0.05, 0) is 43.0 Å². The molecule has 30 heavy (non-hydrogen) atoms. The lowest BCUT2D eigenvalue weighted by Crippen LogP contribution is -2.42. The lowest BCUT2D eigenvalue weighted by atomic mass is 9.91. The minimum absolute atomic E-state index is 0.0645. The second-order valence-electron chi connectivity index (χ2n) is 7.76. The smallest absolute Gasteiger partial charge is 0.386 e. The Morgan fingerprint density at radius 2 is 1.83 bits per heavy atom.